The minimum atomic E-state index is -0.113. The van der Waals surface area contributed by atoms with Crippen LogP contribution in [0.1, 0.15) is 27.9 Å². The van der Waals surface area contributed by atoms with E-state index in [1.165, 1.54) is 10.1 Å². The molecule has 0 bridgehead atoms. The van der Waals surface area contributed by atoms with Gasteiger partial charge in [-0.1, -0.05) is 42.5 Å². The molecule has 1 N–H and O–H groups in total. The Bertz CT molecular complexity index is 1070. The highest BCUT2D eigenvalue weighted by atomic mass is 16.3. The number of aryl methyl sites for hydroxylation is 1. The fourth-order valence-electron chi connectivity index (χ4n) is 3.97. The van der Waals surface area contributed by atoms with Crippen molar-refractivity contribution in [1.29, 1.82) is 0 Å². The largest absolute Gasteiger partial charge is 0.396 e. The van der Waals surface area contributed by atoms with Crippen molar-refractivity contribution in [3.63, 3.8) is 0 Å². The molecule has 0 radical (unpaired) electrons. The van der Waals surface area contributed by atoms with Crippen LogP contribution in [-0.2, 0) is 20.0 Å². The summed E-state index contributed by atoms with van der Waals surface area (Å²) in [7, 11) is 1.67. The summed E-state index contributed by atoms with van der Waals surface area (Å²) >= 11 is 0. The number of benzene rings is 2. The molecule has 0 saturated carbocycles. The first-order chi connectivity index (χ1) is 13.1. The molecule has 0 fully saturated rings. The van der Waals surface area contributed by atoms with Crippen LogP contribution in [0.25, 0.3) is 10.8 Å². The van der Waals surface area contributed by atoms with Gasteiger partial charge in [-0.25, -0.2) is 0 Å². The number of aliphatic hydroxyl groups excluding tert-OH is 1. The first-order valence-electron chi connectivity index (χ1n) is 9.17. The maximum atomic E-state index is 13.5. The van der Waals surface area contributed by atoms with E-state index in [4.69, 9.17) is 0 Å². The predicted molar refractivity (Wildman–Crippen MR) is 105 cm³/mol. The standard InChI is InChI=1S/C22H22N2O3/c1-23-14-20(18-8-4-5-9-19(18)21(23)26)22(27)24-13-16-7-3-2-6-15(16)12-17(24)10-11-25/h2-9,14,17,25H,10-13H2,1H3. The lowest BCUT2D eigenvalue weighted by Gasteiger charge is -2.37. The molecule has 27 heavy (non-hydrogen) atoms. The highest BCUT2D eigenvalue weighted by Gasteiger charge is 2.31. The zero-order valence-corrected chi connectivity index (χ0v) is 15.3. The maximum absolute atomic E-state index is 13.5. The van der Waals surface area contributed by atoms with Gasteiger partial charge in [-0.2, -0.15) is 0 Å². The highest BCUT2D eigenvalue weighted by molar-refractivity contribution is 6.06. The van der Waals surface area contributed by atoms with Gasteiger partial charge >= 0.3 is 0 Å². The van der Waals surface area contributed by atoms with E-state index in [2.05, 4.69) is 6.07 Å². The third kappa shape index (κ3) is 3.04. The molecule has 1 aliphatic heterocycles. The Morgan fingerprint density at radius 1 is 1.07 bits per heavy atom. The molecule has 1 unspecified atom stereocenters. The van der Waals surface area contributed by atoms with Crippen molar-refractivity contribution in [2.45, 2.75) is 25.4 Å². The van der Waals surface area contributed by atoms with Gasteiger partial charge in [-0.15, -0.1) is 0 Å². The summed E-state index contributed by atoms with van der Waals surface area (Å²) < 4.78 is 1.47. The quantitative estimate of drug-likeness (QED) is 0.779. The minimum Gasteiger partial charge on any atom is -0.396 e. The maximum Gasteiger partial charge on any atom is 0.258 e. The van der Waals surface area contributed by atoms with E-state index in [0.717, 1.165) is 12.0 Å². The van der Waals surface area contributed by atoms with Gasteiger partial charge in [0.25, 0.3) is 11.5 Å². The third-order valence-corrected chi connectivity index (χ3v) is 5.40. The SMILES string of the molecule is Cn1cc(C(=O)N2Cc3ccccc3CC2CCO)c2ccccc2c1=O. The Labute approximate surface area is 157 Å². The Morgan fingerprint density at radius 3 is 2.48 bits per heavy atom. The van der Waals surface area contributed by atoms with Crippen LogP contribution in [0, 0.1) is 0 Å². The number of hydrogen-bond donors (Lipinski definition) is 1. The van der Waals surface area contributed by atoms with E-state index in [-0.39, 0.29) is 24.1 Å². The molecule has 1 aliphatic rings. The molecular formula is C22H22N2O3. The normalized spacial score (nSPS) is 16.4. The average Bonchev–Trinajstić information content (AvgIpc) is 2.70. The summed E-state index contributed by atoms with van der Waals surface area (Å²) in [6, 6.07) is 15.3. The van der Waals surface area contributed by atoms with Crippen LogP contribution in [0.4, 0.5) is 0 Å². The predicted octanol–water partition coefficient (Wildman–Crippen LogP) is 2.49. The van der Waals surface area contributed by atoms with E-state index in [9.17, 15) is 14.7 Å². The van der Waals surface area contributed by atoms with Crippen LogP contribution >= 0.6 is 0 Å². The Hall–Kier alpha value is -2.92. The van der Waals surface area contributed by atoms with E-state index < -0.39 is 0 Å². The smallest absolute Gasteiger partial charge is 0.258 e. The van der Waals surface area contributed by atoms with E-state index >= 15 is 0 Å². The summed E-state index contributed by atoms with van der Waals surface area (Å²) in [5.41, 5.74) is 2.77. The molecule has 4 rings (SSSR count). The van der Waals surface area contributed by atoms with E-state index in [1.807, 2.05) is 41.3 Å². The lowest BCUT2D eigenvalue weighted by molar-refractivity contribution is 0.0607. The van der Waals surface area contributed by atoms with Crippen LogP contribution in [0.5, 0.6) is 0 Å². The Kier molecular flexibility index (Phi) is 4.54. The molecule has 1 amide bonds. The van der Waals surface area contributed by atoms with Crippen LogP contribution in [-0.4, -0.2) is 33.1 Å². The molecule has 0 saturated heterocycles. The molecular weight excluding hydrogens is 340 g/mol. The molecule has 1 atom stereocenters. The number of fused-ring (bicyclic) bond motifs is 2. The Morgan fingerprint density at radius 2 is 1.74 bits per heavy atom. The number of carbonyl (C=O) groups excluding carboxylic acids is 1. The molecule has 0 aliphatic carbocycles. The lowest BCUT2D eigenvalue weighted by atomic mass is 9.91. The van der Waals surface area contributed by atoms with Crippen LogP contribution < -0.4 is 5.56 Å². The van der Waals surface area contributed by atoms with Crippen molar-refractivity contribution in [3.8, 4) is 0 Å². The first kappa shape index (κ1) is 17.5. The number of aromatic nitrogens is 1. The highest BCUT2D eigenvalue weighted by Crippen LogP contribution is 2.28. The van der Waals surface area contributed by atoms with Gasteiger partial charge in [0, 0.05) is 43.2 Å². The lowest BCUT2D eigenvalue weighted by Crippen LogP contribution is -2.45. The number of aliphatic hydroxyl groups is 1. The zero-order valence-electron chi connectivity index (χ0n) is 15.3. The summed E-state index contributed by atoms with van der Waals surface area (Å²) in [6.07, 6.45) is 2.89. The molecule has 5 nitrogen and oxygen atoms in total. The molecule has 1 aromatic heterocycles. The average molecular weight is 362 g/mol. The fraction of sp³-hybridized carbons (Fsp3) is 0.273. The van der Waals surface area contributed by atoms with Crippen molar-refractivity contribution in [2.24, 2.45) is 7.05 Å². The minimum absolute atomic E-state index is 0.0324. The van der Waals surface area contributed by atoms with Crippen molar-refractivity contribution >= 4 is 16.7 Å². The Balaban J connectivity index is 1.81. The van der Waals surface area contributed by atoms with Gasteiger partial charge in [-0.05, 0) is 30.0 Å². The number of pyridine rings is 1. The topological polar surface area (TPSA) is 62.5 Å². The summed E-state index contributed by atoms with van der Waals surface area (Å²) in [5, 5.41) is 10.7. The second-order valence-electron chi connectivity index (χ2n) is 7.08. The molecule has 138 valence electrons. The van der Waals surface area contributed by atoms with E-state index in [1.54, 1.807) is 19.3 Å². The molecule has 3 aromatic rings. The van der Waals surface area contributed by atoms with Crippen molar-refractivity contribution < 1.29 is 9.90 Å². The van der Waals surface area contributed by atoms with Gasteiger partial charge in [-0.3, -0.25) is 9.59 Å². The fourth-order valence-corrected chi connectivity index (χ4v) is 3.97. The monoisotopic (exact) mass is 362 g/mol. The van der Waals surface area contributed by atoms with Gasteiger partial charge in [0.05, 0.1) is 5.56 Å². The molecule has 0 spiro atoms. The van der Waals surface area contributed by atoms with Gasteiger partial charge < -0.3 is 14.6 Å². The zero-order chi connectivity index (χ0) is 19.0. The number of rotatable bonds is 3. The summed E-state index contributed by atoms with van der Waals surface area (Å²) in [6.45, 7) is 0.543. The van der Waals surface area contributed by atoms with E-state index in [0.29, 0.717) is 29.3 Å². The van der Waals surface area contributed by atoms with Crippen LogP contribution in [0.2, 0.25) is 0 Å². The van der Waals surface area contributed by atoms with Gasteiger partial charge in [0.2, 0.25) is 0 Å². The summed E-state index contributed by atoms with van der Waals surface area (Å²) in [5.74, 6) is -0.102. The van der Waals surface area contributed by atoms with Crippen molar-refractivity contribution in [1.82, 2.24) is 9.47 Å². The second-order valence-corrected chi connectivity index (χ2v) is 7.08. The van der Waals surface area contributed by atoms with Crippen molar-refractivity contribution in [3.05, 3.63) is 81.8 Å². The van der Waals surface area contributed by atoms with Crippen LogP contribution in [0.3, 0.4) is 0 Å². The van der Waals surface area contributed by atoms with Crippen LogP contribution in [0.15, 0.2) is 59.5 Å². The first-order valence-corrected chi connectivity index (χ1v) is 9.17. The number of hydrogen-bond acceptors (Lipinski definition) is 3. The third-order valence-electron chi connectivity index (χ3n) is 5.40. The van der Waals surface area contributed by atoms with Crippen molar-refractivity contribution in [2.75, 3.05) is 6.61 Å². The number of amides is 1. The summed E-state index contributed by atoms with van der Waals surface area (Å²) in [4.78, 5) is 27.8. The second kappa shape index (κ2) is 7.00. The molecule has 2 heterocycles. The molecule has 2 aromatic carbocycles. The number of carbonyl (C=O) groups is 1. The molecule has 5 heteroatoms. The van der Waals surface area contributed by atoms with Gasteiger partial charge in [0.15, 0.2) is 0 Å². The van der Waals surface area contributed by atoms with Gasteiger partial charge in [0.1, 0.15) is 0 Å². The number of nitrogens with zero attached hydrogens (tertiary/aromatic N) is 2.